The van der Waals surface area contributed by atoms with Gasteiger partial charge in [0.05, 0.1) is 24.1 Å². The molecule has 7 heteroatoms. The van der Waals surface area contributed by atoms with Crippen LogP contribution in [0.4, 0.5) is 0 Å². The Morgan fingerprint density at radius 3 is 3.09 bits per heavy atom. The van der Waals surface area contributed by atoms with Gasteiger partial charge in [0, 0.05) is 32.5 Å². The predicted molar refractivity (Wildman–Crippen MR) is 84.1 cm³/mol. The number of imidazole rings is 1. The Hall–Kier alpha value is -2.28. The van der Waals surface area contributed by atoms with Crippen LogP contribution >= 0.6 is 0 Å². The maximum absolute atomic E-state index is 12.2. The molecule has 1 fully saturated rings. The standard InChI is InChI=1S/C16H21N5O2/c1-3-14-18-6-8-21(14)15-10-17-9-12(19-15)13-5-4-7-20(13)16(22)11-23-2/h6,8-10,13H,3-5,7,11H2,1-2H3/t13-/m0/s1. The van der Waals surface area contributed by atoms with Gasteiger partial charge in [-0.15, -0.1) is 0 Å². The molecule has 7 nitrogen and oxygen atoms in total. The van der Waals surface area contributed by atoms with E-state index in [0.29, 0.717) is 0 Å². The van der Waals surface area contributed by atoms with E-state index >= 15 is 0 Å². The molecular weight excluding hydrogens is 294 g/mol. The van der Waals surface area contributed by atoms with Crippen molar-refractivity contribution in [2.75, 3.05) is 20.3 Å². The summed E-state index contributed by atoms with van der Waals surface area (Å²) in [6.07, 6.45) is 9.80. The Balaban J connectivity index is 1.89. The molecule has 0 aliphatic carbocycles. The van der Waals surface area contributed by atoms with Gasteiger partial charge in [0.15, 0.2) is 5.82 Å². The molecule has 0 N–H and O–H groups in total. The number of methoxy groups -OCH3 is 1. The molecule has 1 amide bonds. The highest BCUT2D eigenvalue weighted by Crippen LogP contribution is 2.30. The smallest absolute Gasteiger partial charge is 0.249 e. The fourth-order valence-corrected chi connectivity index (χ4v) is 3.03. The number of nitrogens with zero attached hydrogens (tertiary/aromatic N) is 5. The molecule has 0 radical (unpaired) electrons. The summed E-state index contributed by atoms with van der Waals surface area (Å²) in [6.45, 7) is 2.90. The minimum atomic E-state index is -0.0290. The van der Waals surface area contributed by atoms with Gasteiger partial charge in [0.2, 0.25) is 5.91 Å². The number of hydrogen-bond acceptors (Lipinski definition) is 5. The molecule has 2 aromatic heterocycles. The molecule has 1 atom stereocenters. The van der Waals surface area contributed by atoms with Crippen molar-refractivity contribution >= 4 is 5.91 Å². The molecule has 1 saturated heterocycles. The van der Waals surface area contributed by atoms with Crippen molar-refractivity contribution in [1.29, 1.82) is 0 Å². The number of likely N-dealkylation sites (tertiary alicyclic amines) is 1. The maximum Gasteiger partial charge on any atom is 0.249 e. The molecule has 1 aliphatic heterocycles. The maximum atomic E-state index is 12.2. The SMILES string of the molecule is CCc1nccn1-c1cncc([C@@H]2CCCN2C(=O)COC)n1. The minimum absolute atomic E-state index is 0.000851. The Morgan fingerprint density at radius 2 is 2.30 bits per heavy atom. The van der Waals surface area contributed by atoms with Crippen LogP contribution in [0.3, 0.4) is 0 Å². The van der Waals surface area contributed by atoms with Gasteiger partial charge < -0.3 is 9.64 Å². The molecule has 0 aromatic carbocycles. The van der Waals surface area contributed by atoms with E-state index in [1.165, 1.54) is 7.11 Å². The lowest BCUT2D eigenvalue weighted by atomic mass is 10.1. The number of carbonyl (C=O) groups excluding carboxylic acids is 1. The summed E-state index contributed by atoms with van der Waals surface area (Å²) in [5.41, 5.74) is 0.820. The average Bonchev–Trinajstić information content (AvgIpc) is 3.24. The quantitative estimate of drug-likeness (QED) is 0.836. The van der Waals surface area contributed by atoms with E-state index in [1.54, 1.807) is 18.6 Å². The zero-order chi connectivity index (χ0) is 16.2. The van der Waals surface area contributed by atoms with Crippen molar-refractivity contribution in [3.8, 4) is 5.82 Å². The topological polar surface area (TPSA) is 73.1 Å². The monoisotopic (exact) mass is 315 g/mol. The van der Waals surface area contributed by atoms with Gasteiger partial charge in [0.25, 0.3) is 0 Å². The predicted octanol–water partition coefficient (Wildman–Crippen LogP) is 1.53. The van der Waals surface area contributed by atoms with Gasteiger partial charge in [-0.05, 0) is 12.8 Å². The first kappa shape index (κ1) is 15.6. The highest BCUT2D eigenvalue weighted by atomic mass is 16.5. The first-order valence-electron chi connectivity index (χ1n) is 7.87. The van der Waals surface area contributed by atoms with Gasteiger partial charge >= 0.3 is 0 Å². The van der Waals surface area contributed by atoms with Crippen LogP contribution in [0.5, 0.6) is 0 Å². The normalized spacial score (nSPS) is 17.7. The number of aromatic nitrogens is 4. The van der Waals surface area contributed by atoms with E-state index < -0.39 is 0 Å². The molecule has 1 aliphatic rings. The van der Waals surface area contributed by atoms with E-state index in [0.717, 1.165) is 43.1 Å². The summed E-state index contributed by atoms with van der Waals surface area (Å²) in [7, 11) is 1.54. The first-order valence-corrected chi connectivity index (χ1v) is 7.87. The van der Waals surface area contributed by atoms with Crippen LogP contribution in [-0.2, 0) is 16.0 Å². The third-order valence-corrected chi connectivity index (χ3v) is 4.10. The van der Waals surface area contributed by atoms with Crippen molar-refractivity contribution in [1.82, 2.24) is 24.4 Å². The van der Waals surface area contributed by atoms with E-state index in [9.17, 15) is 4.79 Å². The summed E-state index contributed by atoms with van der Waals surface area (Å²) in [6, 6.07) is -0.0290. The summed E-state index contributed by atoms with van der Waals surface area (Å²) in [5.74, 6) is 1.68. The number of aryl methyl sites for hydroxylation is 1. The highest BCUT2D eigenvalue weighted by Gasteiger charge is 2.31. The average molecular weight is 315 g/mol. The van der Waals surface area contributed by atoms with E-state index in [2.05, 4.69) is 16.9 Å². The van der Waals surface area contributed by atoms with Crippen LogP contribution in [0.15, 0.2) is 24.8 Å². The number of carbonyl (C=O) groups is 1. The van der Waals surface area contributed by atoms with Crippen molar-refractivity contribution in [3.05, 3.63) is 36.3 Å². The largest absolute Gasteiger partial charge is 0.375 e. The van der Waals surface area contributed by atoms with E-state index in [-0.39, 0.29) is 18.6 Å². The van der Waals surface area contributed by atoms with Crippen LogP contribution < -0.4 is 0 Å². The molecule has 122 valence electrons. The number of ether oxygens (including phenoxy) is 1. The fraction of sp³-hybridized carbons (Fsp3) is 0.500. The molecule has 23 heavy (non-hydrogen) atoms. The van der Waals surface area contributed by atoms with Gasteiger partial charge in [-0.25, -0.2) is 9.97 Å². The third kappa shape index (κ3) is 3.10. The second-order valence-corrected chi connectivity index (χ2v) is 5.55. The number of rotatable bonds is 5. The van der Waals surface area contributed by atoms with Crippen molar-refractivity contribution in [2.45, 2.75) is 32.2 Å². The second kappa shape index (κ2) is 6.87. The molecule has 3 rings (SSSR count). The zero-order valence-electron chi connectivity index (χ0n) is 13.5. The minimum Gasteiger partial charge on any atom is -0.375 e. The van der Waals surface area contributed by atoms with E-state index in [4.69, 9.17) is 9.72 Å². The van der Waals surface area contributed by atoms with Gasteiger partial charge in [-0.1, -0.05) is 6.92 Å². The molecular formula is C16H21N5O2. The Bertz CT molecular complexity index is 685. The lowest BCUT2D eigenvalue weighted by Gasteiger charge is -2.24. The van der Waals surface area contributed by atoms with Crippen LogP contribution in [-0.4, -0.2) is 50.6 Å². The van der Waals surface area contributed by atoms with Gasteiger partial charge in [-0.3, -0.25) is 14.3 Å². The zero-order valence-corrected chi connectivity index (χ0v) is 13.5. The summed E-state index contributed by atoms with van der Waals surface area (Å²) >= 11 is 0. The van der Waals surface area contributed by atoms with Crippen molar-refractivity contribution < 1.29 is 9.53 Å². The van der Waals surface area contributed by atoms with Gasteiger partial charge in [0.1, 0.15) is 12.4 Å². The highest BCUT2D eigenvalue weighted by molar-refractivity contribution is 5.78. The number of amides is 1. The molecule has 0 spiro atoms. The van der Waals surface area contributed by atoms with Crippen LogP contribution in [0.1, 0.15) is 37.3 Å². The Labute approximate surface area is 135 Å². The molecule has 0 unspecified atom stereocenters. The van der Waals surface area contributed by atoms with Crippen molar-refractivity contribution in [3.63, 3.8) is 0 Å². The first-order chi connectivity index (χ1) is 11.2. The van der Waals surface area contributed by atoms with Crippen LogP contribution in [0.25, 0.3) is 5.82 Å². The van der Waals surface area contributed by atoms with Gasteiger partial charge in [-0.2, -0.15) is 0 Å². The summed E-state index contributed by atoms with van der Waals surface area (Å²) < 4.78 is 6.91. The van der Waals surface area contributed by atoms with Crippen LogP contribution in [0.2, 0.25) is 0 Å². The summed E-state index contributed by atoms with van der Waals surface area (Å²) in [4.78, 5) is 27.4. The van der Waals surface area contributed by atoms with E-state index in [1.807, 2.05) is 15.7 Å². The van der Waals surface area contributed by atoms with Crippen LogP contribution in [0, 0.1) is 0 Å². The third-order valence-electron chi connectivity index (χ3n) is 4.10. The molecule has 0 saturated carbocycles. The fourth-order valence-electron chi connectivity index (χ4n) is 3.03. The second-order valence-electron chi connectivity index (χ2n) is 5.55. The Morgan fingerprint density at radius 1 is 1.43 bits per heavy atom. The number of hydrogen-bond donors (Lipinski definition) is 0. The molecule has 0 bridgehead atoms. The Kier molecular flexibility index (Phi) is 4.66. The molecule has 2 aromatic rings. The lowest BCUT2D eigenvalue weighted by molar-refractivity contribution is -0.136. The van der Waals surface area contributed by atoms with Crippen molar-refractivity contribution in [2.24, 2.45) is 0 Å². The lowest BCUT2D eigenvalue weighted by Crippen LogP contribution is -2.33. The molecule has 3 heterocycles. The summed E-state index contributed by atoms with van der Waals surface area (Å²) in [5, 5.41) is 0.